The van der Waals surface area contributed by atoms with E-state index >= 15 is 0 Å². The molecule has 0 aliphatic carbocycles. The fourth-order valence-corrected chi connectivity index (χ4v) is 3.96. The van der Waals surface area contributed by atoms with E-state index in [-0.39, 0.29) is 18.9 Å². The van der Waals surface area contributed by atoms with Gasteiger partial charge in [-0.3, -0.25) is 9.10 Å². The van der Waals surface area contributed by atoms with Crippen molar-refractivity contribution >= 4 is 21.6 Å². The zero-order valence-corrected chi connectivity index (χ0v) is 15.7. The van der Waals surface area contributed by atoms with E-state index in [9.17, 15) is 13.2 Å². The summed E-state index contributed by atoms with van der Waals surface area (Å²) in [4.78, 5) is 14.3. The van der Waals surface area contributed by atoms with E-state index in [1.54, 1.807) is 6.07 Å². The van der Waals surface area contributed by atoms with E-state index in [2.05, 4.69) is 0 Å². The minimum atomic E-state index is -3.42. The number of sulfonamides is 1. The summed E-state index contributed by atoms with van der Waals surface area (Å²) >= 11 is 0. The van der Waals surface area contributed by atoms with Crippen LogP contribution in [0.15, 0.2) is 18.2 Å². The fourth-order valence-electron chi connectivity index (χ4n) is 3.04. The van der Waals surface area contributed by atoms with E-state index < -0.39 is 10.0 Å². The first-order valence-corrected chi connectivity index (χ1v) is 10.5. The van der Waals surface area contributed by atoms with Gasteiger partial charge in [0, 0.05) is 26.1 Å². The van der Waals surface area contributed by atoms with E-state index in [0.29, 0.717) is 5.69 Å². The Morgan fingerprint density at radius 1 is 1.08 bits per heavy atom. The van der Waals surface area contributed by atoms with E-state index in [1.165, 1.54) is 23.4 Å². The maximum atomic E-state index is 12.4. The fraction of sp³-hybridized carbons (Fsp3) is 0.611. The van der Waals surface area contributed by atoms with Gasteiger partial charge >= 0.3 is 0 Å². The number of carbonyl (C=O) groups excluding carboxylic acids is 1. The Balaban J connectivity index is 2.09. The largest absolute Gasteiger partial charge is 0.343 e. The molecule has 0 unspecified atom stereocenters. The Kier molecular flexibility index (Phi) is 6.27. The van der Waals surface area contributed by atoms with E-state index in [1.807, 2.05) is 30.9 Å². The quantitative estimate of drug-likeness (QED) is 0.819. The normalized spacial score (nSPS) is 15.9. The van der Waals surface area contributed by atoms with Crippen molar-refractivity contribution in [1.82, 2.24) is 4.90 Å². The molecule has 134 valence electrons. The first-order chi connectivity index (χ1) is 11.3. The van der Waals surface area contributed by atoms with Crippen molar-refractivity contribution in [2.75, 3.05) is 30.2 Å². The third kappa shape index (κ3) is 4.97. The molecule has 2 rings (SSSR count). The molecule has 6 heteroatoms. The number of carbonyl (C=O) groups is 1. The van der Waals surface area contributed by atoms with Crippen LogP contribution in [0.2, 0.25) is 0 Å². The van der Waals surface area contributed by atoms with Crippen LogP contribution in [-0.4, -0.2) is 45.1 Å². The van der Waals surface area contributed by atoms with E-state index in [0.717, 1.165) is 37.1 Å². The molecule has 1 aromatic carbocycles. The van der Waals surface area contributed by atoms with Crippen LogP contribution < -0.4 is 4.31 Å². The van der Waals surface area contributed by atoms with Crippen molar-refractivity contribution in [2.45, 2.75) is 46.0 Å². The number of hydrogen-bond donors (Lipinski definition) is 0. The predicted octanol–water partition coefficient (Wildman–Crippen LogP) is 2.86. The van der Waals surface area contributed by atoms with Crippen molar-refractivity contribution in [3.8, 4) is 0 Å². The van der Waals surface area contributed by atoms with Gasteiger partial charge in [0.2, 0.25) is 15.9 Å². The van der Waals surface area contributed by atoms with Crippen molar-refractivity contribution in [2.24, 2.45) is 0 Å². The molecule has 1 fully saturated rings. The Morgan fingerprint density at radius 2 is 1.71 bits per heavy atom. The molecule has 5 nitrogen and oxygen atoms in total. The summed E-state index contributed by atoms with van der Waals surface area (Å²) in [6.07, 6.45) is 5.83. The number of anilines is 1. The Hall–Kier alpha value is -1.56. The van der Waals surface area contributed by atoms with Crippen LogP contribution in [0.1, 0.15) is 43.2 Å². The zero-order valence-electron chi connectivity index (χ0n) is 14.9. The number of hydrogen-bond acceptors (Lipinski definition) is 3. The van der Waals surface area contributed by atoms with Gasteiger partial charge in [-0.2, -0.15) is 0 Å². The summed E-state index contributed by atoms with van der Waals surface area (Å²) in [5, 5.41) is 0. The molecule has 1 aliphatic rings. The number of amides is 1. The lowest BCUT2D eigenvalue weighted by Crippen LogP contribution is -2.37. The highest BCUT2D eigenvalue weighted by Crippen LogP contribution is 2.22. The van der Waals surface area contributed by atoms with Crippen molar-refractivity contribution in [3.63, 3.8) is 0 Å². The van der Waals surface area contributed by atoms with Crippen molar-refractivity contribution < 1.29 is 13.2 Å². The molecule has 0 spiro atoms. The molecule has 1 amide bonds. The second-order valence-electron chi connectivity index (χ2n) is 6.65. The molecule has 0 bridgehead atoms. The average Bonchev–Trinajstić information content (AvgIpc) is 2.78. The Bertz CT molecular complexity index is 678. The molecule has 1 aromatic rings. The number of rotatable bonds is 5. The minimum absolute atomic E-state index is 0.0504. The van der Waals surface area contributed by atoms with Gasteiger partial charge in [0.05, 0.1) is 11.9 Å². The predicted molar refractivity (Wildman–Crippen MR) is 97.8 cm³/mol. The summed E-state index contributed by atoms with van der Waals surface area (Å²) in [7, 11) is -3.42. The summed E-state index contributed by atoms with van der Waals surface area (Å²) < 4.78 is 25.7. The van der Waals surface area contributed by atoms with Crippen LogP contribution in [0.5, 0.6) is 0 Å². The SMILES string of the molecule is Cc1ccc(N(CCC(=O)N2CCCCCC2)S(C)(=O)=O)cc1C. The third-order valence-corrected chi connectivity index (χ3v) is 5.86. The molecule has 0 saturated carbocycles. The molecular formula is C18H28N2O3S. The van der Waals surface area contributed by atoms with Gasteiger partial charge < -0.3 is 4.90 Å². The minimum Gasteiger partial charge on any atom is -0.343 e. The van der Waals surface area contributed by atoms with Crippen molar-refractivity contribution in [1.29, 1.82) is 0 Å². The molecule has 1 saturated heterocycles. The molecule has 0 N–H and O–H groups in total. The van der Waals surface area contributed by atoms with Crippen LogP contribution in [0.3, 0.4) is 0 Å². The van der Waals surface area contributed by atoms with Crippen LogP contribution in [0.4, 0.5) is 5.69 Å². The maximum Gasteiger partial charge on any atom is 0.232 e. The highest BCUT2D eigenvalue weighted by Gasteiger charge is 2.21. The van der Waals surface area contributed by atoms with Crippen LogP contribution in [-0.2, 0) is 14.8 Å². The average molecular weight is 353 g/mol. The van der Waals surface area contributed by atoms with Crippen LogP contribution >= 0.6 is 0 Å². The smallest absolute Gasteiger partial charge is 0.232 e. The molecule has 24 heavy (non-hydrogen) atoms. The summed E-state index contributed by atoms with van der Waals surface area (Å²) in [5.41, 5.74) is 2.79. The monoisotopic (exact) mass is 352 g/mol. The van der Waals surface area contributed by atoms with Gasteiger partial charge in [0.25, 0.3) is 0 Å². The van der Waals surface area contributed by atoms with E-state index in [4.69, 9.17) is 0 Å². The standard InChI is InChI=1S/C18H28N2O3S/c1-15-8-9-17(14-16(15)2)20(24(3,22)23)13-10-18(21)19-11-6-4-5-7-12-19/h8-9,14H,4-7,10-13H2,1-3H3. The summed E-state index contributed by atoms with van der Waals surface area (Å²) in [6.45, 7) is 5.73. The van der Waals surface area contributed by atoms with Gasteiger partial charge in [0.15, 0.2) is 0 Å². The summed E-state index contributed by atoms with van der Waals surface area (Å²) in [5.74, 6) is 0.0504. The van der Waals surface area contributed by atoms with Gasteiger partial charge in [0.1, 0.15) is 0 Å². The number of likely N-dealkylation sites (tertiary alicyclic amines) is 1. The molecule has 0 atom stereocenters. The molecule has 0 aromatic heterocycles. The van der Waals surface area contributed by atoms with Gasteiger partial charge in [-0.15, -0.1) is 0 Å². The number of benzene rings is 1. The topological polar surface area (TPSA) is 57.7 Å². The third-order valence-electron chi connectivity index (χ3n) is 4.67. The summed E-state index contributed by atoms with van der Waals surface area (Å²) in [6, 6.07) is 5.59. The first kappa shape index (κ1) is 18.8. The highest BCUT2D eigenvalue weighted by molar-refractivity contribution is 7.92. The van der Waals surface area contributed by atoms with Gasteiger partial charge in [-0.1, -0.05) is 18.9 Å². The first-order valence-electron chi connectivity index (χ1n) is 8.62. The van der Waals surface area contributed by atoms with Gasteiger partial charge in [-0.05, 0) is 49.9 Å². The van der Waals surface area contributed by atoms with Crippen LogP contribution in [0, 0.1) is 13.8 Å². The molecule has 1 heterocycles. The molecule has 0 radical (unpaired) electrons. The molecular weight excluding hydrogens is 324 g/mol. The maximum absolute atomic E-state index is 12.4. The molecule has 1 aliphatic heterocycles. The zero-order chi connectivity index (χ0) is 17.7. The second-order valence-corrected chi connectivity index (χ2v) is 8.56. The van der Waals surface area contributed by atoms with Crippen molar-refractivity contribution in [3.05, 3.63) is 29.3 Å². The number of nitrogens with zero attached hydrogens (tertiary/aromatic N) is 2. The Morgan fingerprint density at radius 3 is 2.25 bits per heavy atom. The van der Waals surface area contributed by atoms with Gasteiger partial charge in [-0.25, -0.2) is 8.42 Å². The lowest BCUT2D eigenvalue weighted by Gasteiger charge is -2.25. The second kappa shape index (κ2) is 8.01. The highest BCUT2D eigenvalue weighted by atomic mass is 32.2. The Labute approximate surface area is 145 Å². The number of aryl methyl sites for hydroxylation is 2. The lowest BCUT2D eigenvalue weighted by molar-refractivity contribution is -0.130. The lowest BCUT2D eigenvalue weighted by atomic mass is 10.1. The van der Waals surface area contributed by atoms with Crippen LogP contribution in [0.25, 0.3) is 0 Å².